The van der Waals surface area contributed by atoms with E-state index in [0.717, 1.165) is 44.8 Å². The van der Waals surface area contributed by atoms with Crippen molar-refractivity contribution in [3.63, 3.8) is 0 Å². The molecule has 0 aliphatic carbocycles. The van der Waals surface area contributed by atoms with Crippen LogP contribution in [-0.4, -0.2) is 40.0 Å². The predicted molar refractivity (Wildman–Crippen MR) is 70.0 cm³/mol. The van der Waals surface area contributed by atoms with Crippen molar-refractivity contribution < 1.29 is 4.79 Å². The zero-order chi connectivity index (χ0) is 12.8. The van der Waals surface area contributed by atoms with Gasteiger partial charge in [-0.05, 0) is 19.3 Å². The molecular formula is C13H22N4O. The van der Waals surface area contributed by atoms with Crippen LogP contribution in [0.15, 0.2) is 12.4 Å². The van der Waals surface area contributed by atoms with E-state index in [1.807, 2.05) is 22.7 Å². The van der Waals surface area contributed by atoms with E-state index in [2.05, 4.69) is 10.3 Å². The summed E-state index contributed by atoms with van der Waals surface area (Å²) in [5.41, 5.74) is 0. The normalized spacial score (nSPS) is 15.9. The highest BCUT2D eigenvalue weighted by molar-refractivity contribution is 5.76. The fraction of sp³-hybridized carbons (Fsp3) is 0.692. The molecule has 0 radical (unpaired) electrons. The Morgan fingerprint density at radius 3 is 2.83 bits per heavy atom. The van der Waals surface area contributed by atoms with Gasteiger partial charge in [-0.2, -0.15) is 0 Å². The Morgan fingerprint density at radius 1 is 1.39 bits per heavy atom. The molecule has 100 valence electrons. The highest BCUT2D eigenvalue weighted by atomic mass is 16.2. The summed E-state index contributed by atoms with van der Waals surface area (Å²) >= 11 is 0. The summed E-state index contributed by atoms with van der Waals surface area (Å²) in [5, 5.41) is 3.27. The Kier molecular flexibility index (Phi) is 4.75. The van der Waals surface area contributed by atoms with Gasteiger partial charge in [-0.25, -0.2) is 4.98 Å². The Hall–Kier alpha value is -1.36. The van der Waals surface area contributed by atoms with Gasteiger partial charge in [-0.15, -0.1) is 0 Å². The monoisotopic (exact) mass is 250 g/mol. The second kappa shape index (κ2) is 6.54. The Balaban J connectivity index is 1.63. The summed E-state index contributed by atoms with van der Waals surface area (Å²) in [6.07, 6.45) is 7.89. The third kappa shape index (κ3) is 3.57. The van der Waals surface area contributed by atoms with Crippen molar-refractivity contribution in [3.8, 4) is 0 Å². The van der Waals surface area contributed by atoms with Crippen molar-refractivity contribution >= 4 is 5.91 Å². The van der Waals surface area contributed by atoms with Gasteiger partial charge >= 0.3 is 0 Å². The molecule has 2 rings (SSSR count). The Morgan fingerprint density at radius 2 is 2.17 bits per heavy atom. The van der Waals surface area contributed by atoms with Crippen LogP contribution in [0.2, 0.25) is 0 Å². The number of hydrogen-bond acceptors (Lipinski definition) is 3. The van der Waals surface area contributed by atoms with Gasteiger partial charge in [0.25, 0.3) is 0 Å². The maximum absolute atomic E-state index is 11.9. The lowest BCUT2D eigenvalue weighted by atomic mass is 10.1. The van der Waals surface area contributed by atoms with Crippen LogP contribution < -0.4 is 5.32 Å². The van der Waals surface area contributed by atoms with Crippen molar-refractivity contribution in [3.05, 3.63) is 18.2 Å². The summed E-state index contributed by atoms with van der Waals surface area (Å²) in [5.74, 6) is 1.28. The lowest BCUT2D eigenvalue weighted by molar-refractivity contribution is -0.131. The number of nitrogens with one attached hydrogen (secondary N) is 1. The van der Waals surface area contributed by atoms with Crippen molar-refractivity contribution in [2.75, 3.05) is 19.6 Å². The maximum atomic E-state index is 11.9. The topological polar surface area (TPSA) is 50.2 Å². The predicted octanol–water partition coefficient (Wildman–Crippen LogP) is 0.912. The Bertz CT molecular complexity index is 382. The van der Waals surface area contributed by atoms with Crippen LogP contribution in [-0.2, 0) is 18.4 Å². The highest BCUT2D eigenvalue weighted by Crippen LogP contribution is 2.09. The molecule has 1 N–H and O–H groups in total. The highest BCUT2D eigenvalue weighted by Gasteiger charge is 2.15. The van der Waals surface area contributed by atoms with Crippen LogP contribution in [0.4, 0.5) is 0 Å². The van der Waals surface area contributed by atoms with Gasteiger partial charge in [0.15, 0.2) is 0 Å². The summed E-state index contributed by atoms with van der Waals surface area (Å²) in [4.78, 5) is 18.1. The summed E-state index contributed by atoms with van der Waals surface area (Å²) in [6, 6.07) is 0. The average Bonchev–Trinajstić information content (AvgIpc) is 2.81. The van der Waals surface area contributed by atoms with Crippen molar-refractivity contribution in [1.82, 2.24) is 19.8 Å². The lowest BCUT2D eigenvalue weighted by Crippen LogP contribution is -2.37. The van der Waals surface area contributed by atoms with Crippen LogP contribution in [0.25, 0.3) is 0 Å². The molecule has 0 spiro atoms. The molecule has 0 unspecified atom stereocenters. The second-order valence-electron chi connectivity index (χ2n) is 4.82. The van der Waals surface area contributed by atoms with E-state index in [9.17, 15) is 4.79 Å². The molecule has 0 aromatic carbocycles. The zero-order valence-corrected chi connectivity index (χ0v) is 11.1. The number of carbonyl (C=O) groups is 1. The van der Waals surface area contributed by atoms with Crippen molar-refractivity contribution in [1.29, 1.82) is 0 Å². The fourth-order valence-electron chi connectivity index (χ4n) is 2.26. The second-order valence-corrected chi connectivity index (χ2v) is 4.82. The number of hydrogen-bond donors (Lipinski definition) is 1. The van der Waals surface area contributed by atoms with Gasteiger partial charge in [-0.3, -0.25) is 4.79 Å². The van der Waals surface area contributed by atoms with Gasteiger partial charge in [0, 0.05) is 45.5 Å². The van der Waals surface area contributed by atoms with E-state index >= 15 is 0 Å². The maximum Gasteiger partial charge on any atom is 0.223 e. The molecule has 1 aromatic rings. The van der Waals surface area contributed by atoms with Gasteiger partial charge in [-0.1, -0.05) is 0 Å². The zero-order valence-electron chi connectivity index (χ0n) is 11.1. The van der Waals surface area contributed by atoms with E-state index in [-0.39, 0.29) is 5.91 Å². The number of nitrogens with zero attached hydrogens (tertiary/aromatic N) is 3. The first kappa shape index (κ1) is 13.1. The number of likely N-dealkylation sites (tertiary alicyclic amines) is 1. The first-order valence-corrected chi connectivity index (χ1v) is 6.72. The Labute approximate surface area is 108 Å². The minimum atomic E-state index is 0.280. The molecule has 1 amide bonds. The first-order chi connectivity index (χ1) is 8.77. The summed E-state index contributed by atoms with van der Waals surface area (Å²) in [6.45, 7) is 3.33. The molecule has 5 nitrogen and oxygen atoms in total. The number of carbonyl (C=O) groups excluding carboxylic acids is 1. The number of rotatable bonds is 5. The van der Waals surface area contributed by atoms with Crippen molar-refractivity contribution in [2.45, 2.75) is 32.2 Å². The third-order valence-corrected chi connectivity index (χ3v) is 3.43. The lowest BCUT2D eigenvalue weighted by Gasteiger charge is -2.26. The fourth-order valence-corrected chi connectivity index (χ4v) is 2.26. The van der Waals surface area contributed by atoms with E-state index in [4.69, 9.17) is 0 Å². The van der Waals surface area contributed by atoms with E-state index < -0.39 is 0 Å². The van der Waals surface area contributed by atoms with Gasteiger partial charge in [0.05, 0.1) is 6.54 Å². The molecule has 1 aromatic heterocycles. The molecule has 2 heterocycles. The molecule has 0 atom stereocenters. The number of piperidine rings is 1. The van der Waals surface area contributed by atoms with Crippen LogP contribution in [0, 0.1) is 0 Å². The van der Waals surface area contributed by atoms with Crippen LogP contribution in [0.5, 0.6) is 0 Å². The quantitative estimate of drug-likeness (QED) is 0.790. The molecular weight excluding hydrogens is 228 g/mol. The molecule has 0 bridgehead atoms. The first-order valence-electron chi connectivity index (χ1n) is 6.72. The average molecular weight is 250 g/mol. The molecule has 18 heavy (non-hydrogen) atoms. The van der Waals surface area contributed by atoms with Gasteiger partial charge < -0.3 is 14.8 Å². The van der Waals surface area contributed by atoms with Gasteiger partial charge in [0.1, 0.15) is 5.82 Å². The van der Waals surface area contributed by atoms with E-state index in [1.165, 1.54) is 6.42 Å². The standard InChI is InChI=1S/C13H22N4O/c1-16-10-7-15-12(16)11-14-6-5-13(18)17-8-3-2-4-9-17/h7,10,14H,2-6,8-9,11H2,1H3. The SMILES string of the molecule is Cn1ccnc1CNCCC(=O)N1CCCCC1. The number of aryl methyl sites for hydroxylation is 1. The van der Waals surface area contributed by atoms with Crippen molar-refractivity contribution in [2.24, 2.45) is 7.05 Å². The number of imidazole rings is 1. The van der Waals surface area contributed by atoms with E-state index in [1.54, 1.807) is 6.20 Å². The molecule has 1 fully saturated rings. The van der Waals surface area contributed by atoms with Crippen LogP contribution in [0.3, 0.4) is 0 Å². The minimum Gasteiger partial charge on any atom is -0.343 e. The minimum absolute atomic E-state index is 0.280. The summed E-state index contributed by atoms with van der Waals surface area (Å²) in [7, 11) is 1.98. The summed E-state index contributed by atoms with van der Waals surface area (Å²) < 4.78 is 1.99. The largest absolute Gasteiger partial charge is 0.343 e. The molecule has 1 aliphatic heterocycles. The third-order valence-electron chi connectivity index (χ3n) is 3.43. The molecule has 1 aliphatic rings. The van der Waals surface area contributed by atoms with E-state index in [0.29, 0.717) is 6.42 Å². The number of aromatic nitrogens is 2. The number of amides is 1. The smallest absolute Gasteiger partial charge is 0.223 e. The molecule has 1 saturated heterocycles. The van der Waals surface area contributed by atoms with Crippen LogP contribution >= 0.6 is 0 Å². The molecule has 0 saturated carbocycles. The van der Waals surface area contributed by atoms with Gasteiger partial charge in [0.2, 0.25) is 5.91 Å². The van der Waals surface area contributed by atoms with Crippen LogP contribution in [0.1, 0.15) is 31.5 Å². The molecule has 5 heteroatoms.